The molecule has 2 unspecified atom stereocenters. The van der Waals surface area contributed by atoms with Crippen molar-refractivity contribution in [2.24, 2.45) is 16.3 Å². The molecule has 0 aromatic heterocycles. The summed E-state index contributed by atoms with van der Waals surface area (Å²) >= 11 is 0. The molecule has 0 aromatic rings. The molecule has 1 rings (SSSR count). The van der Waals surface area contributed by atoms with Crippen LogP contribution in [0.4, 0.5) is 0 Å². The number of esters is 1. The monoisotopic (exact) mass is 364 g/mol. The van der Waals surface area contributed by atoms with Gasteiger partial charge in [-0.2, -0.15) is 0 Å². The SMILES string of the molecule is C=CCOC(=O)CO.CCCC(C)C1(CC)C(=O)N=C([O-])NC1=O.[Na+]. The first-order valence-corrected chi connectivity index (χ1v) is 7.78. The number of aliphatic hydroxyl groups excluding tert-OH is 1. The summed E-state index contributed by atoms with van der Waals surface area (Å²) in [6.07, 6.45) is 3.46. The summed E-state index contributed by atoms with van der Waals surface area (Å²) in [6, 6.07) is -0.845. The number of carbonyl (C=O) groups is 3. The summed E-state index contributed by atoms with van der Waals surface area (Å²) in [5.41, 5.74) is -1.15. The van der Waals surface area contributed by atoms with Crippen LogP contribution in [0.3, 0.4) is 0 Å². The minimum Gasteiger partial charge on any atom is -0.846 e. The van der Waals surface area contributed by atoms with Crippen molar-refractivity contribution in [2.45, 2.75) is 40.0 Å². The predicted molar refractivity (Wildman–Crippen MR) is 85.6 cm³/mol. The normalized spacial score (nSPS) is 20.1. The van der Waals surface area contributed by atoms with E-state index in [4.69, 9.17) is 5.11 Å². The van der Waals surface area contributed by atoms with Gasteiger partial charge in [0.2, 0.25) is 5.91 Å². The predicted octanol–water partition coefficient (Wildman–Crippen LogP) is -3.10. The Hall–Kier alpha value is -1.22. The van der Waals surface area contributed by atoms with Gasteiger partial charge in [0, 0.05) is 0 Å². The molecule has 25 heavy (non-hydrogen) atoms. The van der Waals surface area contributed by atoms with Crippen LogP contribution in [0, 0.1) is 11.3 Å². The van der Waals surface area contributed by atoms with Crippen molar-refractivity contribution in [1.82, 2.24) is 5.32 Å². The second kappa shape index (κ2) is 13.0. The Morgan fingerprint density at radius 2 is 2.08 bits per heavy atom. The minimum absolute atomic E-state index is 0. The molecule has 0 aromatic carbocycles. The van der Waals surface area contributed by atoms with Crippen LogP contribution in [0.1, 0.15) is 40.0 Å². The second-order valence-electron chi connectivity index (χ2n) is 5.32. The first-order valence-electron chi connectivity index (χ1n) is 7.78. The van der Waals surface area contributed by atoms with E-state index in [1.807, 2.05) is 13.8 Å². The molecule has 2 N–H and O–H groups in total. The van der Waals surface area contributed by atoms with E-state index >= 15 is 0 Å². The van der Waals surface area contributed by atoms with Crippen LogP contribution in [-0.2, 0) is 19.1 Å². The van der Waals surface area contributed by atoms with E-state index in [2.05, 4.69) is 21.6 Å². The summed E-state index contributed by atoms with van der Waals surface area (Å²) < 4.78 is 4.33. The fourth-order valence-corrected chi connectivity index (χ4v) is 2.50. The van der Waals surface area contributed by atoms with Crippen molar-refractivity contribution in [3.05, 3.63) is 12.7 Å². The van der Waals surface area contributed by atoms with Crippen molar-refractivity contribution in [2.75, 3.05) is 13.2 Å². The molecule has 0 saturated heterocycles. The molecule has 9 heteroatoms. The molecule has 1 aliphatic rings. The van der Waals surface area contributed by atoms with Gasteiger partial charge in [0.15, 0.2) is 0 Å². The van der Waals surface area contributed by atoms with Crippen molar-refractivity contribution in [1.29, 1.82) is 0 Å². The maximum Gasteiger partial charge on any atom is 1.00 e. The minimum atomic E-state index is -1.15. The van der Waals surface area contributed by atoms with E-state index in [-0.39, 0.29) is 42.1 Å². The number of aliphatic imine (C=N–C) groups is 1. The van der Waals surface area contributed by atoms with Gasteiger partial charge in [-0.25, -0.2) is 9.79 Å². The molecule has 0 bridgehead atoms. The van der Waals surface area contributed by atoms with E-state index in [1.165, 1.54) is 6.08 Å². The van der Waals surface area contributed by atoms with E-state index in [0.29, 0.717) is 6.42 Å². The Bertz CT molecular complexity index is 509. The van der Waals surface area contributed by atoms with Crippen molar-refractivity contribution in [3.8, 4) is 0 Å². The Kier molecular flexibility index (Phi) is 13.6. The topological polar surface area (TPSA) is 128 Å². The molecule has 0 fully saturated rings. The largest absolute Gasteiger partial charge is 1.00 e. The molecule has 2 amide bonds. The molecule has 0 radical (unpaired) electrons. The first kappa shape index (κ1) is 26.0. The van der Waals surface area contributed by atoms with Crippen LogP contribution in [0.15, 0.2) is 17.6 Å². The summed E-state index contributed by atoms with van der Waals surface area (Å²) in [5, 5.41) is 21.1. The third kappa shape index (κ3) is 7.27. The zero-order chi connectivity index (χ0) is 18.8. The van der Waals surface area contributed by atoms with Crippen LogP contribution >= 0.6 is 0 Å². The molecular weight excluding hydrogens is 339 g/mol. The zero-order valence-corrected chi connectivity index (χ0v) is 17.3. The second-order valence-corrected chi connectivity index (χ2v) is 5.32. The number of ether oxygens (including phenoxy) is 1. The van der Waals surface area contributed by atoms with Gasteiger partial charge in [-0.05, 0) is 18.8 Å². The number of amides is 2. The van der Waals surface area contributed by atoms with E-state index < -0.39 is 35.8 Å². The Morgan fingerprint density at radius 1 is 1.48 bits per heavy atom. The van der Waals surface area contributed by atoms with Gasteiger partial charge in [-0.3, -0.25) is 9.59 Å². The van der Waals surface area contributed by atoms with Crippen LogP contribution in [0.2, 0.25) is 0 Å². The number of rotatable bonds is 7. The number of nitrogens with one attached hydrogen (secondary N) is 1. The third-order valence-corrected chi connectivity index (χ3v) is 3.82. The molecule has 2 atom stereocenters. The summed E-state index contributed by atoms with van der Waals surface area (Å²) in [7, 11) is 0. The summed E-state index contributed by atoms with van der Waals surface area (Å²) in [5.74, 6) is -1.82. The third-order valence-electron chi connectivity index (χ3n) is 3.82. The number of amidine groups is 1. The van der Waals surface area contributed by atoms with E-state index in [0.717, 1.165) is 12.8 Å². The molecule has 1 aliphatic heterocycles. The van der Waals surface area contributed by atoms with Gasteiger partial charge >= 0.3 is 35.5 Å². The fraction of sp³-hybridized carbons (Fsp3) is 0.625. The molecule has 0 saturated carbocycles. The molecule has 1 heterocycles. The quantitative estimate of drug-likeness (QED) is 0.213. The number of hydrogen-bond donors (Lipinski definition) is 2. The number of aliphatic hydroxyl groups is 1. The molecular formula is C16H25N2NaO6. The van der Waals surface area contributed by atoms with Crippen molar-refractivity contribution < 1.29 is 58.9 Å². The first-order chi connectivity index (χ1) is 11.3. The molecule has 0 spiro atoms. The average Bonchev–Trinajstić information content (AvgIpc) is 2.53. The van der Waals surface area contributed by atoms with Crippen LogP contribution in [0.25, 0.3) is 0 Å². The standard InChI is InChI=1S/C11H18N2O3.C5H8O3.Na/c1-4-6-7(3)11(5-2)8(14)12-10(16)13-9(11)15;1-2-3-8-5(7)4-6;/h7H,4-6H2,1-3H3,(H2,12,13,14,15,16);2,6H,1,3-4H2;/q;;+1/p-1. The van der Waals surface area contributed by atoms with Gasteiger partial charge in [0.1, 0.15) is 18.6 Å². The van der Waals surface area contributed by atoms with Gasteiger partial charge in [0.05, 0.1) is 6.02 Å². The number of nitrogens with zero attached hydrogens (tertiary/aromatic N) is 1. The van der Waals surface area contributed by atoms with Gasteiger partial charge in [-0.15, -0.1) is 0 Å². The fourth-order valence-electron chi connectivity index (χ4n) is 2.50. The van der Waals surface area contributed by atoms with E-state index in [9.17, 15) is 19.5 Å². The van der Waals surface area contributed by atoms with Gasteiger partial charge in [0.25, 0.3) is 5.91 Å². The van der Waals surface area contributed by atoms with Crippen LogP contribution in [-0.4, -0.2) is 42.1 Å². The summed E-state index contributed by atoms with van der Waals surface area (Å²) in [6.45, 7) is 8.54. The average molecular weight is 364 g/mol. The van der Waals surface area contributed by atoms with Crippen molar-refractivity contribution in [3.63, 3.8) is 0 Å². The molecule has 0 aliphatic carbocycles. The van der Waals surface area contributed by atoms with E-state index in [1.54, 1.807) is 6.92 Å². The maximum atomic E-state index is 11.9. The molecule has 136 valence electrons. The van der Waals surface area contributed by atoms with Crippen molar-refractivity contribution >= 4 is 23.8 Å². The Labute approximate surface area is 170 Å². The van der Waals surface area contributed by atoms with Gasteiger partial charge in [-0.1, -0.05) is 39.8 Å². The zero-order valence-electron chi connectivity index (χ0n) is 15.3. The Balaban J connectivity index is 0. The van der Waals surface area contributed by atoms with Crippen LogP contribution in [0.5, 0.6) is 0 Å². The van der Waals surface area contributed by atoms with Crippen LogP contribution < -0.4 is 40.0 Å². The van der Waals surface area contributed by atoms with Gasteiger partial charge < -0.3 is 20.3 Å². The number of hydrogen-bond acceptors (Lipinski definition) is 6. The number of carbonyl (C=O) groups excluding carboxylic acids is 3. The summed E-state index contributed by atoms with van der Waals surface area (Å²) in [4.78, 5) is 37.1. The smallest absolute Gasteiger partial charge is 0.846 e. The molecule has 8 nitrogen and oxygen atoms in total. The maximum absolute atomic E-state index is 11.9. The Morgan fingerprint density at radius 3 is 2.48 bits per heavy atom.